The van der Waals surface area contributed by atoms with Crippen LogP contribution in [-0.2, 0) is 38.7 Å². The number of hydrogen-bond acceptors (Lipinski definition) is 11. The summed E-state index contributed by atoms with van der Waals surface area (Å²) < 4.78 is 53.9. The van der Waals surface area contributed by atoms with E-state index in [2.05, 4.69) is 13.8 Å². The lowest BCUT2D eigenvalue weighted by atomic mass is 10.00. The summed E-state index contributed by atoms with van der Waals surface area (Å²) in [5.41, 5.74) is 0. The van der Waals surface area contributed by atoms with Crippen LogP contribution in [0.2, 0.25) is 0 Å². The van der Waals surface area contributed by atoms with Crippen LogP contribution >= 0.6 is 0 Å². The summed E-state index contributed by atoms with van der Waals surface area (Å²) in [5.74, 6) is -1.97. The first-order chi connectivity index (χ1) is 26.5. The number of rotatable bonds is 37. The van der Waals surface area contributed by atoms with E-state index in [4.69, 9.17) is 18.9 Å². The van der Waals surface area contributed by atoms with Crippen LogP contribution in [0.5, 0.6) is 0 Å². The van der Waals surface area contributed by atoms with Gasteiger partial charge in [0.15, 0.2) is 12.4 Å². The smallest absolute Gasteiger partial charge is 0.306 e. The van der Waals surface area contributed by atoms with Gasteiger partial charge in [0.05, 0.1) is 6.61 Å². The molecule has 1 rings (SSSR count). The summed E-state index contributed by atoms with van der Waals surface area (Å²) in [6.45, 7) is 3.75. The molecule has 55 heavy (non-hydrogen) atoms. The second kappa shape index (κ2) is 33.6. The molecule has 2 unspecified atom stereocenters. The van der Waals surface area contributed by atoms with Gasteiger partial charge >= 0.3 is 11.9 Å². The Morgan fingerprint density at radius 3 is 1.33 bits per heavy atom. The predicted molar refractivity (Wildman–Crippen MR) is 215 cm³/mol. The Bertz CT molecular complexity index is 1040. The zero-order valence-electron chi connectivity index (χ0n) is 34.6. The quantitative estimate of drug-likeness (QED) is 0.0267. The fourth-order valence-corrected chi connectivity index (χ4v) is 7.66. The zero-order valence-corrected chi connectivity index (χ0v) is 35.4. The van der Waals surface area contributed by atoms with Gasteiger partial charge in [-0.25, -0.2) is 0 Å². The third-order valence-electron chi connectivity index (χ3n) is 10.4. The molecule has 0 aromatic heterocycles. The number of esters is 2. The van der Waals surface area contributed by atoms with Crippen LogP contribution in [-0.4, -0.2) is 96.0 Å². The largest absolute Gasteiger partial charge is 0.462 e. The highest BCUT2D eigenvalue weighted by Crippen LogP contribution is 2.24. The van der Waals surface area contributed by atoms with E-state index in [9.17, 15) is 37.9 Å². The second-order valence-electron chi connectivity index (χ2n) is 15.7. The van der Waals surface area contributed by atoms with Crippen molar-refractivity contribution in [1.82, 2.24) is 0 Å². The maximum Gasteiger partial charge on any atom is 0.306 e. The van der Waals surface area contributed by atoms with E-state index in [0.717, 1.165) is 38.5 Å². The average molecular weight is 809 g/mol. The van der Waals surface area contributed by atoms with E-state index in [0.29, 0.717) is 12.8 Å². The molecule has 0 aliphatic carbocycles. The highest BCUT2D eigenvalue weighted by atomic mass is 32.2. The van der Waals surface area contributed by atoms with Crippen molar-refractivity contribution in [3.05, 3.63) is 0 Å². The number of aliphatic hydroxyl groups is 3. The maximum atomic E-state index is 12.7. The number of aliphatic hydroxyl groups excluding tert-OH is 3. The normalized spacial score (nSPS) is 20.7. The molecule has 1 aliphatic rings. The molecule has 1 fully saturated rings. The van der Waals surface area contributed by atoms with Crippen molar-refractivity contribution in [2.45, 2.75) is 237 Å². The molecule has 0 aromatic carbocycles. The Morgan fingerprint density at radius 2 is 0.927 bits per heavy atom. The minimum Gasteiger partial charge on any atom is -0.462 e. The van der Waals surface area contributed by atoms with E-state index < -0.39 is 71.2 Å². The molecule has 0 saturated carbocycles. The lowest BCUT2D eigenvalue weighted by molar-refractivity contribution is -0.297. The van der Waals surface area contributed by atoms with Crippen LogP contribution in [0.25, 0.3) is 0 Å². The summed E-state index contributed by atoms with van der Waals surface area (Å²) in [6, 6.07) is 0. The van der Waals surface area contributed by atoms with Gasteiger partial charge in [0.1, 0.15) is 36.8 Å². The van der Waals surface area contributed by atoms with E-state index in [-0.39, 0.29) is 19.4 Å². The molecule has 6 atom stereocenters. The van der Waals surface area contributed by atoms with Gasteiger partial charge in [0, 0.05) is 12.8 Å². The Balaban J connectivity index is 2.41. The Morgan fingerprint density at radius 1 is 0.545 bits per heavy atom. The summed E-state index contributed by atoms with van der Waals surface area (Å²) >= 11 is 0. The monoisotopic (exact) mass is 809 g/mol. The van der Waals surface area contributed by atoms with Crippen LogP contribution in [0.1, 0.15) is 200 Å². The highest BCUT2D eigenvalue weighted by Gasteiger charge is 2.46. The van der Waals surface area contributed by atoms with E-state index in [1.165, 1.54) is 122 Å². The van der Waals surface area contributed by atoms with Gasteiger partial charge in [-0.3, -0.25) is 14.1 Å². The van der Waals surface area contributed by atoms with Gasteiger partial charge in [-0.05, 0) is 12.8 Å². The molecule has 0 amide bonds. The summed E-state index contributed by atoms with van der Waals surface area (Å²) in [6.07, 6.45) is 23.0. The van der Waals surface area contributed by atoms with E-state index in [1.54, 1.807) is 0 Å². The summed E-state index contributed by atoms with van der Waals surface area (Å²) in [7, 11) is -4.59. The lowest BCUT2D eigenvalue weighted by Crippen LogP contribution is -2.60. The number of unbranched alkanes of at least 4 members (excludes halogenated alkanes) is 25. The Kier molecular flexibility index (Phi) is 31.6. The predicted octanol–water partition coefficient (Wildman–Crippen LogP) is 8.51. The third kappa shape index (κ3) is 28.7. The molecule has 13 heteroatoms. The standard InChI is InChI=1S/C42H80O12S/c1-3-5-7-9-11-13-15-16-17-18-19-20-21-23-24-26-28-30-37(43)51-32-35(53-38(44)31-29-27-25-22-14-12-10-8-6-4-2)33-52-42-41(47)40(46)39(45)36(54-42)34-55(48,49)50/h35-36,39-42,45-47H,3-34H2,1-2H3,(H,48,49,50)/t35-,36-,39-,40?,41?,42+/m1/s1. The minimum atomic E-state index is -4.59. The molecule has 4 N–H and O–H groups in total. The van der Waals surface area contributed by atoms with Crippen LogP contribution < -0.4 is 0 Å². The van der Waals surface area contributed by atoms with Gasteiger partial charge in [-0.2, -0.15) is 8.42 Å². The average Bonchev–Trinajstić information content (AvgIpc) is 3.14. The van der Waals surface area contributed by atoms with Gasteiger partial charge in [0.2, 0.25) is 0 Å². The topological polar surface area (TPSA) is 186 Å². The van der Waals surface area contributed by atoms with Crippen molar-refractivity contribution in [2.75, 3.05) is 19.0 Å². The molecule has 0 bridgehead atoms. The molecular weight excluding hydrogens is 729 g/mol. The van der Waals surface area contributed by atoms with Gasteiger partial charge < -0.3 is 34.3 Å². The van der Waals surface area contributed by atoms with E-state index in [1.807, 2.05) is 0 Å². The molecule has 1 aliphatic heterocycles. The SMILES string of the molecule is CCCCCCCCCCCCCCCCCCCC(=O)OC[C@H](CO[C@H]1O[C@H](CS(=O)(=O)O)[C@@H](O)C(O)C1O)OC(=O)CCCCCCCCCCCC. The number of carbonyl (C=O) groups excluding carboxylic acids is 2. The van der Waals surface area contributed by atoms with Gasteiger partial charge in [-0.15, -0.1) is 0 Å². The van der Waals surface area contributed by atoms with Crippen LogP contribution in [0.4, 0.5) is 0 Å². The second-order valence-corrected chi connectivity index (χ2v) is 17.2. The molecule has 0 aromatic rings. The van der Waals surface area contributed by atoms with Crippen LogP contribution in [0, 0.1) is 0 Å². The molecule has 1 heterocycles. The third-order valence-corrected chi connectivity index (χ3v) is 11.2. The van der Waals surface area contributed by atoms with Crippen LogP contribution in [0.15, 0.2) is 0 Å². The molecule has 12 nitrogen and oxygen atoms in total. The maximum absolute atomic E-state index is 12.7. The minimum absolute atomic E-state index is 0.171. The first-order valence-corrected chi connectivity index (χ1v) is 23.7. The van der Waals surface area contributed by atoms with Crippen LogP contribution in [0.3, 0.4) is 0 Å². The first-order valence-electron chi connectivity index (χ1n) is 22.1. The van der Waals surface area contributed by atoms with Gasteiger partial charge in [0.25, 0.3) is 10.1 Å². The van der Waals surface area contributed by atoms with Crippen molar-refractivity contribution in [1.29, 1.82) is 0 Å². The number of ether oxygens (including phenoxy) is 4. The fourth-order valence-electron chi connectivity index (χ4n) is 6.97. The lowest BCUT2D eigenvalue weighted by Gasteiger charge is -2.40. The first kappa shape index (κ1) is 51.7. The molecule has 326 valence electrons. The molecule has 1 saturated heterocycles. The Hall–Kier alpha value is -1.35. The zero-order chi connectivity index (χ0) is 40.6. The van der Waals surface area contributed by atoms with Gasteiger partial charge in [-0.1, -0.05) is 174 Å². The molecule has 0 spiro atoms. The number of hydrogen-bond donors (Lipinski definition) is 4. The van der Waals surface area contributed by atoms with Crippen molar-refractivity contribution in [3.63, 3.8) is 0 Å². The highest BCUT2D eigenvalue weighted by molar-refractivity contribution is 7.85. The van der Waals surface area contributed by atoms with Crippen molar-refractivity contribution in [2.24, 2.45) is 0 Å². The van der Waals surface area contributed by atoms with Crippen molar-refractivity contribution in [3.8, 4) is 0 Å². The fraction of sp³-hybridized carbons (Fsp3) is 0.952. The summed E-state index contributed by atoms with van der Waals surface area (Å²) in [4.78, 5) is 25.3. The number of carbonyl (C=O) groups is 2. The molecule has 0 radical (unpaired) electrons. The Labute approximate surface area is 333 Å². The van der Waals surface area contributed by atoms with Crippen molar-refractivity contribution >= 4 is 22.1 Å². The molecular formula is C42H80O12S. The van der Waals surface area contributed by atoms with E-state index >= 15 is 0 Å². The van der Waals surface area contributed by atoms with Crippen molar-refractivity contribution < 1.29 is 56.8 Å². The summed E-state index contributed by atoms with van der Waals surface area (Å²) in [5, 5.41) is 30.8.